The first-order chi connectivity index (χ1) is 23.2. The van der Waals surface area contributed by atoms with Crippen molar-refractivity contribution in [1.29, 1.82) is 0 Å². The van der Waals surface area contributed by atoms with Gasteiger partial charge in [0.1, 0.15) is 11.7 Å². The number of esters is 1. The monoisotopic (exact) mass is 694 g/mol. The lowest BCUT2D eigenvalue weighted by atomic mass is 10.00. The molecule has 0 spiro atoms. The number of carbonyl (C=O) groups excluding carboxylic acids is 2. The molecule has 3 aromatic carbocycles. The summed E-state index contributed by atoms with van der Waals surface area (Å²) in [6.45, 7) is 11.5. The second-order valence-corrected chi connectivity index (χ2v) is 12.5. The molecule has 0 aliphatic rings. The molecule has 0 fully saturated rings. The highest BCUT2D eigenvalue weighted by atomic mass is 32.2. The van der Waals surface area contributed by atoms with Crippen molar-refractivity contribution in [3.8, 4) is 11.4 Å². The van der Waals surface area contributed by atoms with E-state index in [9.17, 15) is 22.8 Å². The molecule has 1 heterocycles. The molecule has 4 aromatic rings. The van der Waals surface area contributed by atoms with Crippen LogP contribution in [0.5, 0.6) is 5.75 Å². The SMILES string of the molecule is Cc1ccc(C(C)C)c(N=C(N/N=C/c2ccc(-n3cc(NC(=O)c4ccc(OC(F)(F)F)cc4)c(C)n3)cc2)SCOC(=O)C(C)C)c1. The van der Waals surface area contributed by atoms with Crippen LogP contribution in [-0.4, -0.2) is 45.3 Å². The van der Waals surface area contributed by atoms with Crippen LogP contribution in [0.1, 0.15) is 66.4 Å². The normalized spacial score (nSPS) is 12.1. The van der Waals surface area contributed by atoms with Crippen LogP contribution < -0.4 is 15.5 Å². The number of thioether (sulfide) groups is 1. The summed E-state index contributed by atoms with van der Waals surface area (Å²) in [5.74, 6) is -1.15. The Balaban J connectivity index is 1.43. The number of hydrogen-bond donors (Lipinski definition) is 2. The number of hydrogen-bond acceptors (Lipinski definition) is 8. The van der Waals surface area contributed by atoms with Gasteiger partial charge in [-0.2, -0.15) is 10.2 Å². The number of rotatable bonds is 11. The van der Waals surface area contributed by atoms with Crippen molar-refractivity contribution in [2.24, 2.45) is 16.0 Å². The number of hydrazone groups is 1. The van der Waals surface area contributed by atoms with Crippen molar-refractivity contribution >= 4 is 46.4 Å². The number of nitrogens with zero attached hydrogens (tertiary/aromatic N) is 4. The number of aromatic nitrogens is 2. The molecular formula is C35H37F3N6O4S. The van der Waals surface area contributed by atoms with Crippen LogP contribution in [0.4, 0.5) is 24.5 Å². The molecule has 0 bridgehead atoms. The van der Waals surface area contributed by atoms with Crippen molar-refractivity contribution in [3.05, 3.63) is 101 Å². The number of aliphatic imine (C=N–C) groups is 1. The third-order valence-electron chi connectivity index (χ3n) is 6.93. The average Bonchev–Trinajstić information content (AvgIpc) is 3.40. The van der Waals surface area contributed by atoms with E-state index in [1.165, 1.54) is 23.9 Å². The fourth-order valence-electron chi connectivity index (χ4n) is 4.34. The van der Waals surface area contributed by atoms with Crippen LogP contribution in [-0.2, 0) is 9.53 Å². The fourth-order valence-corrected chi connectivity index (χ4v) is 4.91. The van der Waals surface area contributed by atoms with Crippen LogP contribution in [0.25, 0.3) is 5.69 Å². The van der Waals surface area contributed by atoms with Gasteiger partial charge in [-0.1, -0.05) is 52.0 Å². The number of alkyl halides is 3. The predicted molar refractivity (Wildman–Crippen MR) is 186 cm³/mol. The molecule has 1 aromatic heterocycles. The van der Waals surface area contributed by atoms with E-state index in [-0.39, 0.29) is 29.3 Å². The van der Waals surface area contributed by atoms with Gasteiger partial charge in [0.05, 0.1) is 41.1 Å². The maximum atomic E-state index is 12.7. The number of anilines is 1. The lowest BCUT2D eigenvalue weighted by Gasteiger charge is -2.12. The molecule has 258 valence electrons. The van der Waals surface area contributed by atoms with Crippen molar-refractivity contribution in [3.63, 3.8) is 0 Å². The number of amidine groups is 1. The summed E-state index contributed by atoms with van der Waals surface area (Å²) in [4.78, 5) is 29.5. The highest BCUT2D eigenvalue weighted by molar-refractivity contribution is 8.13. The minimum absolute atomic E-state index is 0.0742. The van der Waals surface area contributed by atoms with E-state index in [1.807, 2.05) is 43.3 Å². The molecule has 0 aliphatic carbocycles. The fraction of sp³-hybridized carbons (Fsp3) is 0.286. The van der Waals surface area contributed by atoms with E-state index in [2.05, 4.69) is 45.6 Å². The summed E-state index contributed by atoms with van der Waals surface area (Å²) >= 11 is 1.23. The number of amides is 1. The first-order valence-electron chi connectivity index (χ1n) is 15.3. The third kappa shape index (κ3) is 11.0. The highest BCUT2D eigenvalue weighted by Crippen LogP contribution is 2.29. The molecule has 14 heteroatoms. The van der Waals surface area contributed by atoms with Gasteiger partial charge in [0.15, 0.2) is 5.17 Å². The Morgan fingerprint density at radius 3 is 2.33 bits per heavy atom. The lowest BCUT2D eigenvalue weighted by molar-refractivity contribution is -0.274. The number of benzene rings is 3. The van der Waals surface area contributed by atoms with Gasteiger partial charge in [0, 0.05) is 5.56 Å². The summed E-state index contributed by atoms with van der Waals surface area (Å²) in [6, 6.07) is 18.1. The first-order valence-corrected chi connectivity index (χ1v) is 16.3. The number of nitrogens with one attached hydrogen (secondary N) is 2. The van der Waals surface area contributed by atoms with E-state index in [0.29, 0.717) is 22.2 Å². The minimum atomic E-state index is -4.82. The topological polar surface area (TPSA) is 119 Å². The molecule has 2 N–H and O–H groups in total. The number of aryl methyl sites for hydroxylation is 2. The maximum absolute atomic E-state index is 12.7. The zero-order chi connectivity index (χ0) is 35.7. The van der Waals surface area contributed by atoms with Crippen molar-refractivity contribution in [2.75, 3.05) is 11.3 Å². The largest absolute Gasteiger partial charge is 0.573 e. The molecule has 0 saturated carbocycles. The number of halogens is 3. The molecule has 0 saturated heterocycles. The molecule has 0 aliphatic heterocycles. The van der Waals surface area contributed by atoms with Crippen LogP contribution >= 0.6 is 11.8 Å². The van der Waals surface area contributed by atoms with E-state index in [0.717, 1.165) is 34.5 Å². The summed E-state index contributed by atoms with van der Waals surface area (Å²) in [7, 11) is 0. The second-order valence-electron chi connectivity index (χ2n) is 11.6. The van der Waals surface area contributed by atoms with Crippen LogP contribution in [0.15, 0.2) is 83.0 Å². The van der Waals surface area contributed by atoms with Gasteiger partial charge in [-0.25, -0.2) is 9.67 Å². The summed E-state index contributed by atoms with van der Waals surface area (Å²) in [6.07, 6.45) is -1.55. The van der Waals surface area contributed by atoms with Gasteiger partial charge in [0.25, 0.3) is 5.91 Å². The molecule has 49 heavy (non-hydrogen) atoms. The van der Waals surface area contributed by atoms with E-state index >= 15 is 0 Å². The Kier molecular flexibility index (Phi) is 12.2. The van der Waals surface area contributed by atoms with Gasteiger partial charge < -0.3 is 14.8 Å². The molecule has 4 rings (SSSR count). The maximum Gasteiger partial charge on any atom is 0.573 e. The molecule has 0 unspecified atom stereocenters. The Bertz CT molecular complexity index is 1820. The summed E-state index contributed by atoms with van der Waals surface area (Å²) in [5, 5.41) is 12.0. The van der Waals surface area contributed by atoms with E-state index in [4.69, 9.17) is 9.73 Å². The van der Waals surface area contributed by atoms with Crippen LogP contribution in [0.2, 0.25) is 0 Å². The Labute approximate surface area is 286 Å². The van der Waals surface area contributed by atoms with E-state index in [1.54, 1.807) is 37.9 Å². The number of carbonyl (C=O) groups is 2. The molecular weight excluding hydrogens is 657 g/mol. The van der Waals surface area contributed by atoms with Gasteiger partial charge in [0.2, 0.25) is 0 Å². The quantitative estimate of drug-likeness (QED) is 0.0533. The molecule has 0 radical (unpaired) electrons. The second kappa shape index (κ2) is 16.3. The van der Waals surface area contributed by atoms with Crippen molar-refractivity contribution in [1.82, 2.24) is 15.2 Å². The standard InChI is InChI=1S/C35H37F3N6O4S/c1-21(2)29-16-7-23(5)17-30(29)41-34(49-20-47-33(46)22(3)4)42-39-18-25-8-12-27(13-9-25)44-19-31(24(6)43-44)40-32(45)26-10-14-28(15-11-26)48-35(36,37)38/h7-19,21-22H,20H2,1-6H3,(H,40,45)(H,41,42)/b39-18+. The summed E-state index contributed by atoms with van der Waals surface area (Å²) < 4.78 is 48.1. The van der Waals surface area contributed by atoms with Gasteiger partial charge >= 0.3 is 12.3 Å². The minimum Gasteiger partial charge on any atom is -0.454 e. The van der Waals surface area contributed by atoms with Gasteiger partial charge in [-0.05, 0) is 90.7 Å². The first kappa shape index (κ1) is 36.7. The van der Waals surface area contributed by atoms with E-state index < -0.39 is 18.0 Å². The zero-order valence-electron chi connectivity index (χ0n) is 27.8. The van der Waals surface area contributed by atoms with Gasteiger partial charge in [-0.3, -0.25) is 15.0 Å². The van der Waals surface area contributed by atoms with Gasteiger partial charge in [-0.15, -0.1) is 13.2 Å². The average molecular weight is 695 g/mol. The van der Waals surface area contributed by atoms with Crippen LogP contribution in [0.3, 0.4) is 0 Å². The molecule has 1 amide bonds. The Morgan fingerprint density at radius 1 is 1.00 bits per heavy atom. The highest BCUT2D eigenvalue weighted by Gasteiger charge is 2.31. The summed E-state index contributed by atoms with van der Waals surface area (Å²) in [5.41, 5.74) is 8.56. The molecule has 0 atom stereocenters. The predicted octanol–water partition coefficient (Wildman–Crippen LogP) is 8.26. The Hall–Kier alpha value is -5.11. The number of ether oxygens (including phenoxy) is 2. The van der Waals surface area contributed by atoms with Crippen molar-refractivity contribution in [2.45, 2.75) is 53.8 Å². The molecule has 10 nitrogen and oxygen atoms in total. The smallest absolute Gasteiger partial charge is 0.454 e. The van der Waals surface area contributed by atoms with Crippen LogP contribution in [0, 0.1) is 19.8 Å². The zero-order valence-corrected chi connectivity index (χ0v) is 28.6. The lowest BCUT2D eigenvalue weighted by Crippen LogP contribution is -2.17. The van der Waals surface area contributed by atoms with Crippen molar-refractivity contribution < 1.29 is 32.2 Å². The Morgan fingerprint density at radius 2 is 1.69 bits per heavy atom. The third-order valence-corrected chi connectivity index (χ3v) is 7.62.